The van der Waals surface area contributed by atoms with Crippen molar-refractivity contribution < 1.29 is 19.5 Å². The molecule has 0 spiro atoms. The third-order valence-corrected chi connectivity index (χ3v) is 4.05. The molecule has 2 atom stereocenters. The Balaban J connectivity index is 1.70. The second-order valence-electron chi connectivity index (χ2n) is 5.74. The summed E-state index contributed by atoms with van der Waals surface area (Å²) in [4.78, 5) is 38.3. The highest BCUT2D eigenvalue weighted by Gasteiger charge is 2.49. The van der Waals surface area contributed by atoms with Crippen LogP contribution in [0.2, 0.25) is 0 Å². The third-order valence-electron chi connectivity index (χ3n) is 4.05. The van der Waals surface area contributed by atoms with E-state index in [4.69, 9.17) is 5.11 Å². The van der Waals surface area contributed by atoms with Crippen LogP contribution < -0.4 is 5.32 Å². The molecule has 0 aromatic carbocycles. The number of carbonyl (C=O) groups is 3. The second kappa shape index (κ2) is 6.89. The normalized spacial score (nSPS) is 25.5. The Kier molecular flexibility index (Phi) is 5.17. The first-order valence-electron chi connectivity index (χ1n) is 7.53. The van der Waals surface area contributed by atoms with Crippen molar-refractivity contribution in [2.45, 2.75) is 19.8 Å². The highest BCUT2D eigenvalue weighted by atomic mass is 16.4. The maximum atomic E-state index is 12.1. The fraction of sp³-hybridized carbons (Fsp3) is 0.786. The SMILES string of the molecule is CCCNC(=O)CN1CCN(C(=O)[C@@H]2C[C@@H]2C(=O)O)CC1. The van der Waals surface area contributed by atoms with Crippen LogP contribution in [0, 0.1) is 11.8 Å². The summed E-state index contributed by atoms with van der Waals surface area (Å²) in [7, 11) is 0. The molecule has 0 unspecified atom stereocenters. The van der Waals surface area contributed by atoms with Crippen LogP contribution in [0.4, 0.5) is 0 Å². The number of carbonyl (C=O) groups excluding carboxylic acids is 2. The van der Waals surface area contributed by atoms with Gasteiger partial charge in [0.2, 0.25) is 11.8 Å². The quantitative estimate of drug-likeness (QED) is 0.682. The summed E-state index contributed by atoms with van der Waals surface area (Å²) >= 11 is 0. The highest BCUT2D eigenvalue weighted by Crippen LogP contribution is 2.40. The van der Waals surface area contributed by atoms with Crippen molar-refractivity contribution in [1.29, 1.82) is 0 Å². The molecule has 21 heavy (non-hydrogen) atoms. The van der Waals surface area contributed by atoms with E-state index in [-0.39, 0.29) is 17.7 Å². The molecule has 118 valence electrons. The van der Waals surface area contributed by atoms with Gasteiger partial charge in [0.15, 0.2) is 0 Å². The van der Waals surface area contributed by atoms with Crippen molar-refractivity contribution in [3.05, 3.63) is 0 Å². The zero-order valence-electron chi connectivity index (χ0n) is 12.4. The molecule has 2 rings (SSSR count). The average Bonchev–Trinajstić information content (AvgIpc) is 3.26. The lowest BCUT2D eigenvalue weighted by Gasteiger charge is -2.34. The largest absolute Gasteiger partial charge is 0.481 e. The summed E-state index contributed by atoms with van der Waals surface area (Å²) in [5, 5.41) is 11.7. The van der Waals surface area contributed by atoms with Crippen LogP contribution in [0.5, 0.6) is 0 Å². The summed E-state index contributed by atoms with van der Waals surface area (Å²) in [5.41, 5.74) is 0. The average molecular weight is 297 g/mol. The zero-order chi connectivity index (χ0) is 15.4. The van der Waals surface area contributed by atoms with Crippen molar-refractivity contribution in [3.8, 4) is 0 Å². The number of hydrogen-bond donors (Lipinski definition) is 2. The van der Waals surface area contributed by atoms with Gasteiger partial charge in [0, 0.05) is 32.7 Å². The Morgan fingerprint density at radius 3 is 2.33 bits per heavy atom. The van der Waals surface area contributed by atoms with Gasteiger partial charge in [-0.05, 0) is 12.8 Å². The third kappa shape index (κ3) is 4.17. The van der Waals surface area contributed by atoms with E-state index in [1.54, 1.807) is 4.90 Å². The van der Waals surface area contributed by atoms with Crippen molar-refractivity contribution in [3.63, 3.8) is 0 Å². The summed E-state index contributed by atoms with van der Waals surface area (Å²) in [6.45, 7) is 5.53. The van der Waals surface area contributed by atoms with Crippen LogP contribution in [0.15, 0.2) is 0 Å². The van der Waals surface area contributed by atoms with E-state index in [9.17, 15) is 14.4 Å². The fourth-order valence-corrected chi connectivity index (χ4v) is 2.63. The molecule has 0 aromatic heterocycles. The van der Waals surface area contributed by atoms with Gasteiger partial charge in [0.25, 0.3) is 0 Å². The Bertz CT molecular complexity index is 418. The Hall–Kier alpha value is -1.63. The highest BCUT2D eigenvalue weighted by molar-refractivity contribution is 5.89. The van der Waals surface area contributed by atoms with Gasteiger partial charge >= 0.3 is 5.97 Å². The molecule has 1 aliphatic heterocycles. The number of amides is 2. The number of nitrogens with one attached hydrogen (secondary N) is 1. The first-order valence-corrected chi connectivity index (χ1v) is 7.53. The number of hydrogen-bond acceptors (Lipinski definition) is 4. The van der Waals surface area contributed by atoms with Gasteiger partial charge < -0.3 is 15.3 Å². The molecule has 1 heterocycles. The molecule has 0 radical (unpaired) electrons. The van der Waals surface area contributed by atoms with Crippen molar-refractivity contribution in [2.75, 3.05) is 39.3 Å². The lowest BCUT2D eigenvalue weighted by Crippen LogP contribution is -2.51. The maximum absolute atomic E-state index is 12.1. The molecular formula is C14H23N3O4. The van der Waals surface area contributed by atoms with Gasteiger partial charge in [-0.2, -0.15) is 0 Å². The minimum Gasteiger partial charge on any atom is -0.481 e. The minimum absolute atomic E-state index is 0.0183. The van der Waals surface area contributed by atoms with Gasteiger partial charge in [0.1, 0.15) is 0 Å². The Labute approximate surface area is 124 Å². The molecule has 7 heteroatoms. The van der Waals surface area contributed by atoms with Crippen molar-refractivity contribution in [1.82, 2.24) is 15.1 Å². The molecule has 2 amide bonds. The standard InChI is InChI=1S/C14H23N3O4/c1-2-3-15-12(18)9-16-4-6-17(7-5-16)13(19)10-8-11(10)14(20)21/h10-11H,2-9H2,1H3,(H,15,18)(H,20,21)/t10-,11+/m1/s1. The fourth-order valence-electron chi connectivity index (χ4n) is 2.63. The maximum Gasteiger partial charge on any atom is 0.307 e. The van der Waals surface area contributed by atoms with Crippen LogP contribution >= 0.6 is 0 Å². The Morgan fingerprint density at radius 1 is 1.14 bits per heavy atom. The van der Waals surface area contributed by atoms with Crippen LogP contribution in [-0.2, 0) is 14.4 Å². The smallest absolute Gasteiger partial charge is 0.307 e. The number of carboxylic acid groups (broad SMARTS) is 1. The monoisotopic (exact) mass is 297 g/mol. The lowest BCUT2D eigenvalue weighted by atomic mass is 10.2. The molecule has 2 N–H and O–H groups in total. The van der Waals surface area contributed by atoms with E-state index in [1.807, 2.05) is 11.8 Å². The number of aliphatic carboxylic acids is 1. The molecule has 2 aliphatic rings. The van der Waals surface area contributed by atoms with Crippen LogP contribution in [0.3, 0.4) is 0 Å². The molecular weight excluding hydrogens is 274 g/mol. The molecule has 0 bridgehead atoms. The van der Waals surface area contributed by atoms with E-state index >= 15 is 0 Å². The van der Waals surface area contributed by atoms with Gasteiger partial charge in [-0.1, -0.05) is 6.92 Å². The molecule has 1 saturated heterocycles. The predicted molar refractivity (Wildman–Crippen MR) is 75.6 cm³/mol. The minimum atomic E-state index is -0.875. The molecule has 7 nitrogen and oxygen atoms in total. The first kappa shape index (κ1) is 15.8. The predicted octanol–water partition coefficient (Wildman–Crippen LogP) is -0.622. The first-order chi connectivity index (χ1) is 10.0. The number of piperazine rings is 1. The van der Waals surface area contributed by atoms with Crippen LogP contribution in [-0.4, -0.2) is 72.0 Å². The van der Waals surface area contributed by atoms with E-state index in [0.29, 0.717) is 45.7 Å². The number of nitrogens with zero attached hydrogens (tertiary/aromatic N) is 2. The zero-order valence-corrected chi connectivity index (χ0v) is 12.4. The van der Waals surface area contributed by atoms with Crippen LogP contribution in [0.1, 0.15) is 19.8 Å². The molecule has 2 fully saturated rings. The molecule has 1 aliphatic carbocycles. The van der Waals surface area contributed by atoms with Crippen molar-refractivity contribution in [2.24, 2.45) is 11.8 Å². The van der Waals surface area contributed by atoms with Gasteiger partial charge in [-0.3, -0.25) is 19.3 Å². The second-order valence-corrected chi connectivity index (χ2v) is 5.74. The van der Waals surface area contributed by atoms with Gasteiger partial charge in [-0.25, -0.2) is 0 Å². The number of carboxylic acids is 1. The summed E-state index contributed by atoms with van der Waals surface area (Å²) in [6, 6.07) is 0. The van der Waals surface area contributed by atoms with Crippen molar-refractivity contribution >= 4 is 17.8 Å². The topological polar surface area (TPSA) is 90.0 Å². The van der Waals surface area contributed by atoms with E-state index in [0.717, 1.165) is 6.42 Å². The van der Waals surface area contributed by atoms with Gasteiger partial charge in [-0.15, -0.1) is 0 Å². The molecule has 0 aromatic rings. The van der Waals surface area contributed by atoms with Crippen LogP contribution in [0.25, 0.3) is 0 Å². The summed E-state index contributed by atoms with van der Waals surface area (Å²) in [6.07, 6.45) is 1.38. The lowest BCUT2D eigenvalue weighted by molar-refractivity contribution is -0.142. The van der Waals surface area contributed by atoms with E-state index < -0.39 is 11.9 Å². The number of rotatable bonds is 6. The van der Waals surface area contributed by atoms with E-state index in [2.05, 4.69) is 5.32 Å². The van der Waals surface area contributed by atoms with Gasteiger partial charge in [0.05, 0.1) is 18.4 Å². The summed E-state index contributed by atoms with van der Waals surface area (Å²) in [5.74, 6) is -1.72. The molecule has 1 saturated carbocycles. The Morgan fingerprint density at radius 2 is 1.81 bits per heavy atom. The van der Waals surface area contributed by atoms with E-state index in [1.165, 1.54) is 0 Å². The summed E-state index contributed by atoms with van der Waals surface area (Å²) < 4.78 is 0.